The maximum Gasteiger partial charge on any atom is 0.255 e. The number of likely N-dealkylation sites (N-methyl/N-ethyl adjacent to an activating group) is 1. The molecule has 4 heterocycles. The van der Waals surface area contributed by atoms with Gasteiger partial charge in [0, 0.05) is 29.4 Å². The van der Waals surface area contributed by atoms with Crippen molar-refractivity contribution in [1.82, 2.24) is 19.7 Å². The summed E-state index contributed by atoms with van der Waals surface area (Å²) in [5.74, 6) is 1.70. The molecule has 8 nitrogen and oxygen atoms in total. The number of fused-ring (bicyclic) bond motifs is 2. The molecule has 0 spiro atoms. The molecule has 0 unspecified atom stereocenters. The van der Waals surface area contributed by atoms with Gasteiger partial charge in [-0.2, -0.15) is 19.7 Å². The van der Waals surface area contributed by atoms with Crippen molar-refractivity contribution in [2.75, 3.05) is 23.8 Å². The Bertz CT molecular complexity index is 1220. The Morgan fingerprint density at radius 2 is 2.17 bits per heavy atom. The van der Waals surface area contributed by atoms with Gasteiger partial charge in [-0.3, -0.25) is 4.79 Å². The molecule has 0 fully saturated rings. The number of nitrogens with two attached hydrogens (primary N) is 1. The Morgan fingerprint density at radius 3 is 2.97 bits per heavy atom. The Morgan fingerprint density at radius 1 is 1.28 bits per heavy atom. The molecule has 1 aliphatic heterocycles. The molecule has 0 aliphatic carbocycles. The predicted octanol–water partition coefficient (Wildman–Crippen LogP) is 2.58. The molecular formula is C20H19N7OS. The summed E-state index contributed by atoms with van der Waals surface area (Å²) in [4.78, 5) is 24.7. The van der Waals surface area contributed by atoms with Crippen molar-refractivity contribution >= 4 is 39.8 Å². The lowest BCUT2D eigenvalue weighted by molar-refractivity contribution is 0.100. The van der Waals surface area contributed by atoms with Crippen LogP contribution in [0.2, 0.25) is 0 Å². The van der Waals surface area contributed by atoms with Crippen LogP contribution in [0.4, 0.5) is 11.6 Å². The zero-order chi connectivity index (χ0) is 20.0. The fourth-order valence-electron chi connectivity index (χ4n) is 3.64. The average molecular weight is 405 g/mol. The zero-order valence-electron chi connectivity index (χ0n) is 15.8. The number of rotatable bonds is 5. The Hall–Kier alpha value is -3.46. The van der Waals surface area contributed by atoms with Gasteiger partial charge in [-0.1, -0.05) is 12.1 Å². The van der Waals surface area contributed by atoms with Gasteiger partial charge >= 0.3 is 0 Å². The molecule has 146 valence electrons. The number of carbonyl (C=O) groups is 1. The number of carbonyl (C=O) groups excluding carboxylic acids is 1. The van der Waals surface area contributed by atoms with Crippen LogP contribution in [0, 0.1) is 0 Å². The molecule has 4 aromatic rings. The van der Waals surface area contributed by atoms with E-state index < -0.39 is 5.91 Å². The maximum atomic E-state index is 11.7. The average Bonchev–Trinajstić information content (AvgIpc) is 3.46. The first kappa shape index (κ1) is 17.6. The van der Waals surface area contributed by atoms with Crippen LogP contribution in [0.1, 0.15) is 20.8 Å². The normalized spacial score (nSPS) is 13.1. The van der Waals surface area contributed by atoms with Gasteiger partial charge in [0.15, 0.2) is 0 Å². The van der Waals surface area contributed by atoms with E-state index in [4.69, 9.17) is 15.7 Å². The molecule has 0 bridgehead atoms. The van der Waals surface area contributed by atoms with E-state index in [1.54, 1.807) is 34.3 Å². The van der Waals surface area contributed by atoms with E-state index in [1.807, 2.05) is 19.2 Å². The van der Waals surface area contributed by atoms with Crippen LogP contribution in [0.5, 0.6) is 0 Å². The fourth-order valence-corrected chi connectivity index (χ4v) is 4.29. The predicted molar refractivity (Wildman–Crippen MR) is 114 cm³/mol. The monoisotopic (exact) mass is 405 g/mol. The summed E-state index contributed by atoms with van der Waals surface area (Å²) in [5, 5.41) is 10.7. The fraction of sp³-hybridized carbons (Fsp3) is 0.200. The first-order valence-electron chi connectivity index (χ1n) is 9.27. The van der Waals surface area contributed by atoms with Crippen molar-refractivity contribution in [3.63, 3.8) is 0 Å². The van der Waals surface area contributed by atoms with E-state index in [2.05, 4.69) is 26.8 Å². The molecule has 1 aliphatic rings. The van der Waals surface area contributed by atoms with E-state index >= 15 is 0 Å². The molecule has 29 heavy (non-hydrogen) atoms. The van der Waals surface area contributed by atoms with Crippen molar-refractivity contribution in [3.05, 3.63) is 57.9 Å². The molecule has 0 saturated heterocycles. The third-order valence-corrected chi connectivity index (χ3v) is 5.99. The van der Waals surface area contributed by atoms with Gasteiger partial charge < -0.3 is 16.0 Å². The number of hydrogen-bond donors (Lipinski definition) is 2. The summed E-state index contributed by atoms with van der Waals surface area (Å²) in [5.41, 5.74) is 7.80. The maximum absolute atomic E-state index is 11.7. The Balaban J connectivity index is 1.61. The van der Waals surface area contributed by atoms with Gasteiger partial charge in [0.05, 0.1) is 23.8 Å². The summed E-state index contributed by atoms with van der Waals surface area (Å²) in [7, 11) is 2.03. The Labute approximate surface area is 171 Å². The lowest BCUT2D eigenvalue weighted by Crippen LogP contribution is -2.16. The number of benzene rings is 1. The number of nitrogens with zero attached hydrogens (tertiary/aromatic N) is 5. The van der Waals surface area contributed by atoms with Crippen LogP contribution in [0.25, 0.3) is 16.9 Å². The molecule has 1 aromatic carbocycles. The van der Waals surface area contributed by atoms with E-state index in [1.165, 1.54) is 4.88 Å². The molecule has 5 rings (SSSR count). The number of hydrogen-bond acceptors (Lipinski definition) is 7. The second-order valence-electron chi connectivity index (χ2n) is 6.94. The van der Waals surface area contributed by atoms with Crippen LogP contribution in [0.3, 0.4) is 0 Å². The minimum absolute atomic E-state index is 0.433. The van der Waals surface area contributed by atoms with Crippen molar-refractivity contribution in [2.24, 2.45) is 5.73 Å². The lowest BCUT2D eigenvalue weighted by Gasteiger charge is -2.15. The molecule has 9 heteroatoms. The van der Waals surface area contributed by atoms with E-state index in [-0.39, 0.29) is 0 Å². The third-order valence-electron chi connectivity index (χ3n) is 5.11. The number of aromatic nitrogens is 4. The summed E-state index contributed by atoms with van der Waals surface area (Å²) >= 11 is 1.71. The van der Waals surface area contributed by atoms with Crippen LogP contribution >= 0.6 is 11.3 Å². The van der Waals surface area contributed by atoms with Gasteiger partial charge in [-0.05, 0) is 30.0 Å². The SMILES string of the molecule is CN1CCc2c(NCc3cccs3)nc(-n3ncc4c(C(N)=O)cccc43)nc21. The number of primary amides is 1. The summed E-state index contributed by atoms with van der Waals surface area (Å²) < 4.78 is 1.66. The number of nitrogens with one attached hydrogen (secondary N) is 1. The smallest absolute Gasteiger partial charge is 0.255 e. The highest BCUT2D eigenvalue weighted by Gasteiger charge is 2.24. The van der Waals surface area contributed by atoms with Gasteiger partial charge in [0.2, 0.25) is 5.91 Å². The first-order chi connectivity index (χ1) is 14.1. The van der Waals surface area contributed by atoms with Crippen molar-refractivity contribution in [1.29, 1.82) is 0 Å². The second-order valence-corrected chi connectivity index (χ2v) is 7.97. The third kappa shape index (κ3) is 2.99. The highest BCUT2D eigenvalue weighted by Crippen LogP contribution is 2.32. The van der Waals surface area contributed by atoms with Crippen molar-refractivity contribution < 1.29 is 4.79 Å². The topological polar surface area (TPSA) is 102 Å². The van der Waals surface area contributed by atoms with Crippen molar-refractivity contribution in [3.8, 4) is 5.95 Å². The largest absolute Gasteiger partial charge is 0.366 e. The summed E-state index contributed by atoms with van der Waals surface area (Å²) in [6.45, 7) is 1.60. The molecular weight excluding hydrogens is 386 g/mol. The van der Waals surface area contributed by atoms with Gasteiger partial charge in [0.1, 0.15) is 11.6 Å². The lowest BCUT2D eigenvalue weighted by atomic mass is 10.1. The first-order valence-corrected chi connectivity index (χ1v) is 10.1. The van der Waals surface area contributed by atoms with Gasteiger partial charge in [0.25, 0.3) is 5.95 Å². The highest BCUT2D eigenvalue weighted by molar-refractivity contribution is 7.09. The van der Waals surface area contributed by atoms with E-state index in [0.29, 0.717) is 23.4 Å². The highest BCUT2D eigenvalue weighted by atomic mass is 32.1. The molecule has 3 aromatic heterocycles. The minimum Gasteiger partial charge on any atom is -0.366 e. The number of amides is 1. The molecule has 0 radical (unpaired) electrons. The Kier molecular flexibility index (Phi) is 4.17. The quantitative estimate of drug-likeness (QED) is 0.529. The van der Waals surface area contributed by atoms with Gasteiger partial charge in [-0.25, -0.2) is 0 Å². The zero-order valence-corrected chi connectivity index (χ0v) is 16.6. The van der Waals surface area contributed by atoms with E-state index in [0.717, 1.165) is 35.7 Å². The molecule has 0 saturated carbocycles. The van der Waals surface area contributed by atoms with Crippen LogP contribution in [0.15, 0.2) is 41.9 Å². The van der Waals surface area contributed by atoms with E-state index in [9.17, 15) is 4.79 Å². The second kappa shape index (κ2) is 6.85. The summed E-state index contributed by atoms with van der Waals surface area (Å²) in [6, 6.07) is 9.50. The van der Waals surface area contributed by atoms with Crippen LogP contribution < -0.4 is 16.0 Å². The molecule has 1 amide bonds. The van der Waals surface area contributed by atoms with Crippen LogP contribution in [-0.4, -0.2) is 39.2 Å². The molecule has 3 N–H and O–H groups in total. The van der Waals surface area contributed by atoms with Gasteiger partial charge in [-0.15, -0.1) is 11.3 Å². The minimum atomic E-state index is -0.483. The summed E-state index contributed by atoms with van der Waals surface area (Å²) in [6.07, 6.45) is 2.53. The van der Waals surface area contributed by atoms with Crippen LogP contribution in [-0.2, 0) is 13.0 Å². The number of anilines is 2. The molecule has 0 atom stereocenters. The number of thiophene rings is 1. The standard InChI is InChI=1S/C20H19N7OS/c1-26-8-7-14-18(22-10-12-4-3-9-29-12)24-20(25-19(14)26)27-16-6-2-5-13(17(21)28)15(16)11-23-27/h2-6,9,11H,7-8,10H2,1H3,(H2,21,28)(H,22,24,25). The van der Waals surface area contributed by atoms with Crippen molar-refractivity contribution in [2.45, 2.75) is 13.0 Å².